The second kappa shape index (κ2) is 22.0. The first-order valence-corrected chi connectivity index (χ1v) is 27.5. The number of carbonyl (C=O) groups is 2. The lowest BCUT2D eigenvalue weighted by Gasteiger charge is -2.34. The van der Waals surface area contributed by atoms with Crippen molar-refractivity contribution in [3.8, 4) is 51.7 Å². The van der Waals surface area contributed by atoms with Gasteiger partial charge in [0.2, 0.25) is 11.8 Å². The Morgan fingerprint density at radius 3 is 2.48 bits per heavy atom. The van der Waals surface area contributed by atoms with E-state index in [4.69, 9.17) is 25.4 Å². The molecule has 7 aromatic rings. The smallest absolute Gasteiger partial charge is 0.319 e. The summed E-state index contributed by atoms with van der Waals surface area (Å²) in [6.45, 7) is 12.6. The molecule has 0 saturated carbocycles. The number of thiazole rings is 1. The summed E-state index contributed by atoms with van der Waals surface area (Å²) in [6, 6.07) is 15.1. The van der Waals surface area contributed by atoms with Crippen molar-refractivity contribution < 1.29 is 37.5 Å². The van der Waals surface area contributed by atoms with Gasteiger partial charge in [0.1, 0.15) is 47.2 Å². The topological polar surface area (TPSA) is 184 Å². The second-order valence-corrected chi connectivity index (χ2v) is 22.1. The van der Waals surface area contributed by atoms with Crippen LogP contribution < -0.4 is 25.0 Å². The molecule has 4 aromatic heterocycles. The molecule has 5 atom stereocenters. The molecular formula is C58H62F2N10O6S. The highest BCUT2D eigenvalue weighted by atomic mass is 32.1. The predicted molar refractivity (Wildman–Crippen MR) is 290 cm³/mol. The number of aryl methyl sites for hydroxylation is 1. The summed E-state index contributed by atoms with van der Waals surface area (Å²) in [5, 5.41) is 22.8. The van der Waals surface area contributed by atoms with Gasteiger partial charge in [-0.15, -0.1) is 17.8 Å². The number of amides is 2. The normalized spacial score (nSPS) is 19.7. The van der Waals surface area contributed by atoms with Gasteiger partial charge < -0.3 is 39.5 Å². The Morgan fingerprint density at radius 1 is 0.974 bits per heavy atom. The van der Waals surface area contributed by atoms with Crippen molar-refractivity contribution in [1.29, 1.82) is 0 Å². The molecule has 16 nitrogen and oxygen atoms in total. The minimum Gasteiger partial charge on any atom is -0.508 e. The third-order valence-corrected chi connectivity index (χ3v) is 16.8. The van der Waals surface area contributed by atoms with E-state index in [9.17, 15) is 14.7 Å². The average Bonchev–Trinajstić information content (AvgIpc) is 4.35. The van der Waals surface area contributed by atoms with Crippen LogP contribution in [0, 0.1) is 42.7 Å². The Morgan fingerprint density at radius 2 is 1.75 bits per heavy atom. The van der Waals surface area contributed by atoms with Gasteiger partial charge in [-0.2, -0.15) is 9.97 Å². The van der Waals surface area contributed by atoms with Crippen molar-refractivity contribution in [2.45, 2.75) is 96.3 Å². The monoisotopic (exact) mass is 1060 g/mol. The van der Waals surface area contributed by atoms with Gasteiger partial charge in [-0.05, 0) is 117 Å². The number of halogens is 2. The van der Waals surface area contributed by atoms with Gasteiger partial charge >= 0.3 is 6.01 Å². The molecule has 4 aliphatic heterocycles. The third kappa shape index (κ3) is 10.6. The molecule has 2 unspecified atom stereocenters. The molecule has 77 heavy (non-hydrogen) atoms. The molecule has 8 heterocycles. The Bertz CT molecular complexity index is 3360. The maximum absolute atomic E-state index is 17.1. The SMILES string of the molecule is C#Cc1c(F)ccc2cc(O)cc(-c3ncc4c(N5CC6CCC(C5)N6)nc(OCCN5CCC(COc6cc([C@H](C(=O)N7CCC[C@H]7C(=O)N[C@@H](C)c7ccc(-c8scnc8C)cc7)C(C)C)on6)CC5)nc4c3F)c12. The van der Waals surface area contributed by atoms with Gasteiger partial charge in [-0.1, -0.05) is 50.1 Å². The Hall–Kier alpha value is -7.27. The largest absolute Gasteiger partial charge is 0.508 e. The minimum absolute atomic E-state index is 0.00532. The Labute approximate surface area is 449 Å². The zero-order valence-electron chi connectivity index (χ0n) is 43.6. The molecule has 3 aromatic carbocycles. The van der Waals surface area contributed by atoms with Crippen LogP contribution in [0.2, 0.25) is 0 Å². The van der Waals surface area contributed by atoms with Crippen molar-refractivity contribution in [2.24, 2.45) is 11.8 Å². The fourth-order valence-electron chi connectivity index (χ4n) is 11.7. The highest BCUT2D eigenvalue weighted by Gasteiger charge is 2.41. The molecule has 4 fully saturated rings. The molecule has 3 N–H and O–H groups in total. The number of carbonyl (C=O) groups excluding carboxylic acids is 2. The fraction of sp³-hybridized carbons (Fsp3) is 0.431. The minimum atomic E-state index is -0.767. The summed E-state index contributed by atoms with van der Waals surface area (Å²) in [5.74, 6) is 1.23. The van der Waals surface area contributed by atoms with Gasteiger partial charge in [0.25, 0.3) is 5.88 Å². The fourth-order valence-corrected chi connectivity index (χ4v) is 12.5. The second-order valence-electron chi connectivity index (χ2n) is 21.3. The van der Waals surface area contributed by atoms with E-state index in [1.165, 1.54) is 30.5 Å². The zero-order chi connectivity index (χ0) is 53.5. The van der Waals surface area contributed by atoms with Crippen molar-refractivity contribution in [3.63, 3.8) is 0 Å². The summed E-state index contributed by atoms with van der Waals surface area (Å²) in [7, 11) is 0. The standard InChI is InChI=1S/C58H62F2N10O6S/c1-6-42-45(59)16-13-38-24-41(71)25-43(50(38)42)52-51(60)53-44(27-61-52)55(69-28-39-14-15-40(29-69)64-39)66-58(65-53)74-23-22-68-20-17-35(18-21-68)30-75-48-26-47(76-67-48)49(32(2)3)57(73)70-19-7-8-46(70)56(72)63-33(4)36-9-11-37(12-10-36)54-34(5)62-31-77-54/h1,9-13,16,24-27,31-33,35,39-40,46,49,64,71H,7-8,14-15,17-23,28-30H2,2-5H3,(H,63,72)/t33-,39?,40?,46-,49+/m0/s1. The van der Waals surface area contributed by atoms with Gasteiger partial charge in [-0.25, -0.2) is 13.8 Å². The zero-order valence-corrected chi connectivity index (χ0v) is 44.4. The lowest BCUT2D eigenvalue weighted by molar-refractivity contribution is -0.141. The van der Waals surface area contributed by atoms with Crippen LogP contribution in [0.25, 0.3) is 43.4 Å². The van der Waals surface area contributed by atoms with Crippen molar-refractivity contribution in [2.75, 3.05) is 57.4 Å². The summed E-state index contributed by atoms with van der Waals surface area (Å²) in [6.07, 6.45) is 12.4. The van der Waals surface area contributed by atoms with Gasteiger partial charge in [0.15, 0.2) is 11.6 Å². The van der Waals surface area contributed by atoms with Crippen molar-refractivity contribution in [3.05, 3.63) is 101 Å². The molecule has 4 saturated heterocycles. The number of ether oxygens (including phenoxy) is 2. The quantitative estimate of drug-likeness (QED) is 0.0780. The highest BCUT2D eigenvalue weighted by molar-refractivity contribution is 7.13. The number of aromatic nitrogens is 5. The van der Waals surface area contributed by atoms with Gasteiger partial charge in [0.05, 0.1) is 39.7 Å². The number of rotatable bonds is 16. The number of phenolic OH excluding ortho intramolecular Hbond substituents is 1. The average molecular weight is 1070 g/mol. The molecule has 0 aliphatic carbocycles. The summed E-state index contributed by atoms with van der Waals surface area (Å²) in [5.41, 5.74) is 4.83. The first kappa shape index (κ1) is 51.8. The maximum atomic E-state index is 17.1. The summed E-state index contributed by atoms with van der Waals surface area (Å²) >= 11 is 1.60. The summed E-state index contributed by atoms with van der Waals surface area (Å²) in [4.78, 5) is 53.7. The van der Waals surface area contributed by atoms with Crippen LogP contribution in [0.1, 0.15) is 93.8 Å². The molecule has 19 heteroatoms. The first-order valence-electron chi connectivity index (χ1n) is 26.6. The van der Waals surface area contributed by atoms with Crippen LogP contribution in [0.15, 0.2) is 70.8 Å². The van der Waals surface area contributed by atoms with Gasteiger partial charge in [0, 0.05) is 61.5 Å². The van der Waals surface area contributed by atoms with E-state index in [1.807, 2.05) is 45.3 Å². The molecule has 0 spiro atoms. The number of likely N-dealkylation sites (tertiary alicyclic amines) is 2. The van der Waals surface area contributed by atoms with Crippen LogP contribution in [0.5, 0.6) is 17.6 Å². The number of anilines is 1. The highest BCUT2D eigenvalue weighted by Crippen LogP contribution is 2.40. The van der Waals surface area contributed by atoms with E-state index in [0.717, 1.165) is 66.9 Å². The third-order valence-electron chi connectivity index (χ3n) is 15.8. The number of nitrogens with zero attached hydrogens (tertiary/aromatic N) is 8. The number of terminal acetylenes is 1. The molecular weight excluding hydrogens is 1000 g/mol. The van der Waals surface area contributed by atoms with Crippen LogP contribution in [-0.2, 0) is 9.59 Å². The number of nitrogens with one attached hydrogen (secondary N) is 2. The molecule has 2 bridgehead atoms. The molecule has 11 rings (SSSR count). The Balaban J connectivity index is 0.701. The van der Waals surface area contributed by atoms with E-state index >= 15 is 8.78 Å². The van der Waals surface area contributed by atoms with Crippen molar-refractivity contribution in [1.82, 2.24) is 45.5 Å². The number of hydrogen-bond acceptors (Lipinski definition) is 15. The number of aromatic hydroxyl groups is 1. The number of piperazine rings is 1. The van der Waals surface area contributed by atoms with Crippen LogP contribution in [0.3, 0.4) is 0 Å². The maximum Gasteiger partial charge on any atom is 0.319 e. The number of hydrogen-bond donors (Lipinski definition) is 3. The van der Waals surface area contributed by atoms with Crippen LogP contribution >= 0.6 is 11.3 Å². The lowest BCUT2D eigenvalue weighted by Crippen LogP contribution is -2.51. The summed E-state index contributed by atoms with van der Waals surface area (Å²) < 4.78 is 50.3. The molecule has 0 radical (unpaired) electrons. The molecule has 2 amide bonds. The first-order chi connectivity index (χ1) is 37.3. The number of pyridine rings is 1. The van der Waals surface area contributed by atoms with Crippen LogP contribution in [-0.4, -0.2) is 122 Å². The number of benzene rings is 3. The van der Waals surface area contributed by atoms with E-state index < -0.39 is 23.6 Å². The van der Waals surface area contributed by atoms with E-state index in [0.29, 0.717) is 67.4 Å². The number of phenols is 1. The van der Waals surface area contributed by atoms with E-state index in [-0.39, 0.29) is 87.9 Å². The van der Waals surface area contributed by atoms with Gasteiger partial charge in [-0.3, -0.25) is 19.5 Å². The number of piperidine rings is 1. The predicted octanol–water partition coefficient (Wildman–Crippen LogP) is 8.95. The van der Waals surface area contributed by atoms with Crippen molar-refractivity contribution >= 4 is 50.6 Å². The molecule has 400 valence electrons. The number of fused-ring (bicyclic) bond motifs is 4. The van der Waals surface area contributed by atoms with Crippen LogP contribution in [0.4, 0.5) is 14.6 Å². The van der Waals surface area contributed by atoms with E-state index in [2.05, 4.69) is 58.6 Å². The lowest BCUT2D eigenvalue weighted by atomic mass is 9.91. The van der Waals surface area contributed by atoms with E-state index in [1.54, 1.807) is 22.3 Å². The Kier molecular flexibility index (Phi) is 14.8. The molecule has 4 aliphatic rings.